The normalized spacial score (nSPS) is 9.95. The Morgan fingerprint density at radius 3 is 2.84 bits per heavy atom. The van der Waals surface area contributed by atoms with Gasteiger partial charge >= 0.3 is 12.0 Å². The fraction of sp³-hybridized carbons (Fsp3) is 0.462. The number of carbonyl (C=O) groups excluding carboxylic acids is 1. The van der Waals surface area contributed by atoms with Crippen LogP contribution in [0.5, 0.6) is 0 Å². The van der Waals surface area contributed by atoms with Gasteiger partial charge in [0.2, 0.25) is 0 Å². The molecular weight excluding hydrogens is 246 g/mol. The Balaban J connectivity index is 2.30. The second-order valence-corrected chi connectivity index (χ2v) is 4.07. The topological polar surface area (TPSA) is 82.5 Å². The van der Waals surface area contributed by atoms with E-state index in [1.807, 2.05) is 19.1 Å². The van der Waals surface area contributed by atoms with Gasteiger partial charge in [-0.15, -0.1) is 0 Å². The molecular formula is C13H19N3O3. The third kappa shape index (κ3) is 5.85. The van der Waals surface area contributed by atoms with E-state index in [9.17, 15) is 9.59 Å². The standard InChI is InChI=1S/C13H19N3O3/c1-2-16(9-6-12(17)18)13(19)15-8-5-11-4-3-7-14-10-11/h3-4,7,10H,2,5-6,8-9H2,1H3,(H,15,19)(H,17,18). The molecule has 0 saturated carbocycles. The number of amides is 2. The van der Waals surface area contributed by atoms with Crippen molar-refractivity contribution in [2.24, 2.45) is 0 Å². The summed E-state index contributed by atoms with van der Waals surface area (Å²) in [6.07, 6.45) is 4.13. The lowest BCUT2D eigenvalue weighted by atomic mass is 10.2. The van der Waals surface area contributed by atoms with Crippen molar-refractivity contribution >= 4 is 12.0 Å². The SMILES string of the molecule is CCN(CCC(=O)O)C(=O)NCCc1cccnc1. The van der Waals surface area contributed by atoms with E-state index < -0.39 is 5.97 Å². The quantitative estimate of drug-likeness (QED) is 0.774. The molecule has 6 heteroatoms. The molecule has 0 unspecified atom stereocenters. The Hall–Kier alpha value is -2.11. The Labute approximate surface area is 112 Å². The van der Waals surface area contributed by atoms with Crippen LogP contribution in [0.1, 0.15) is 18.9 Å². The van der Waals surface area contributed by atoms with Gasteiger partial charge < -0.3 is 15.3 Å². The van der Waals surface area contributed by atoms with E-state index in [1.165, 1.54) is 4.90 Å². The number of urea groups is 1. The van der Waals surface area contributed by atoms with Crippen molar-refractivity contribution in [2.45, 2.75) is 19.8 Å². The number of carbonyl (C=O) groups is 2. The molecule has 0 atom stereocenters. The summed E-state index contributed by atoms with van der Waals surface area (Å²) in [7, 11) is 0. The van der Waals surface area contributed by atoms with E-state index in [4.69, 9.17) is 5.11 Å². The van der Waals surface area contributed by atoms with Crippen molar-refractivity contribution in [3.05, 3.63) is 30.1 Å². The highest BCUT2D eigenvalue weighted by atomic mass is 16.4. The molecule has 19 heavy (non-hydrogen) atoms. The van der Waals surface area contributed by atoms with E-state index in [0.717, 1.165) is 5.56 Å². The molecule has 1 rings (SSSR count). The lowest BCUT2D eigenvalue weighted by molar-refractivity contribution is -0.137. The average Bonchev–Trinajstić information content (AvgIpc) is 2.40. The highest BCUT2D eigenvalue weighted by Crippen LogP contribution is 1.97. The zero-order valence-electron chi connectivity index (χ0n) is 11.0. The zero-order valence-corrected chi connectivity index (χ0v) is 11.0. The molecule has 0 aromatic carbocycles. The molecule has 104 valence electrons. The first-order chi connectivity index (χ1) is 9.13. The van der Waals surface area contributed by atoms with Gasteiger partial charge in [-0.25, -0.2) is 4.79 Å². The molecule has 1 aromatic heterocycles. The Kier molecular flexibility index (Phi) is 6.35. The first-order valence-electron chi connectivity index (χ1n) is 6.27. The molecule has 0 fully saturated rings. The van der Waals surface area contributed by atoms with E-state index in [2.05, 4.69) is 10.3 Å². The van der Waals surface area contributed by atoms with Gasteiger partial charge in [0, 0.05) is 32.0 Å². The van der Waals surface area contributed by atoms with Crippen LogP contribution in [0.3, 0.4) is 0 Å². The van der Waals surface area contributed by atoms with E-state index >= 15 is 0 Å². The van der Waals surface area contributed by atoms with Crippen LogP contribution in [0.25, 0.3) is 0 Å². The summed E-state index contributed by atoms with van der Waals surface area (Å²) in [4.78, 5) is 27.7. The van der Waals surface area contributed by atoms with Crippen molar-refractivity contribution < 1.29 is 14.7 Å². The Morgan fingerprint density at radius 2 is 2.26 bits per heavy atom. The van der Waals surface area contributed by atoms with Crippen molar-refractivity contribution in [1.29, 1.82) is 0 Å². The molecule has 6 nitrogen and oxygen atoms in total. The summed E-state index contributed by atoms with van der Waals surface area (Å²) in [5.41, 5.74) is 1.05. The second kappa shape index (κ2) is 8.07. The number of aliphatic carboxylic acids is 1. The van der Waals surface area contributed by atoms with Crippen molar-refractivity contribution in [3.8, 4) is 0 Å². The van der Waals surface area contributed by atoms with Crippen molar-refractivity contribution in [2.75, 3.05) is 19.6 Å². The van der Waals surface area contributed by atoms with Gasteiger partial charge in [0.1, 0.15) is 0 Å². The van der Waals surface area contributed by atoms with Crippen LogP contribution < -0.4 is 5.32 Å². The number of hydrogen-bond donors (Lipinski definition) is 2. The molecule has 0 bridgehead atoms. The minimum Gasteiger partial charge on any atom is -0.481 e. The van der Waals surface area contributed by atoms with Gasteiger partial charge in [0.05, 0.1) is 6.42 Å². The monoisotopic (exact) mass is 265 g/mol. The lowest BCUT2D eigenvalue weighted by Crippen LogP contribution is -2.41. The summed E-state index contributed by atoms with van der Waals surface area (Å²) in [6.45, 7) is 3.05. The predicted molar refractivity (Wildman–Crippen MR) is 70.8 cm³/mol. The summed E-state index contributed by atoms with van der Waals surface area (Å²) in [5, 5.41) is 11.4. The molecule has 0 radical (unpaired) electrons. The van der Waals surface area contributed by atoms with E-state index in [0.29, 0.717) is 19.5 Å². The summed E-state index contributed by atoms with van der Waals surface area (Å²) in [6, 6.07) is 3.57. The number of carboxylic acids is 1. The Morgan fingerprint density at radius 1 is 1.47 bits per heavy atom. The minimum absolute atomic E-state index is 0.0378. The first kappa shape index (κ1) is 14.9. The molecule has 2 N–H and O–H groups in total. The molecule has 0 aliphatic heterocycles. The minimum atomic E-state index is -0.901. The fourth-order valence-corrected chi connectivity index (χ4v) is 1.61. The fourth-order valence-electron chi connectivity index (χ4n) is 1.61. The van der Waals surface area contributed by atoms with Crippen LogP contribution in [0.15, 0.2) is 24.5 Å². The number of pyridine rings is 1. The maximum atomic E-state index is 11.8. The Bertz CT molecular complexity index is 409. The highest BCUT2D eigenvalue weighted by molar-refractivity contribution is 5.75. The van der Waals surface area contributed by atoms with Crippen LogP contribution in [-0.2, 0) is 11.2 Å². The van der Waals surface area contributed by atoms with Crippen LogP contribution in [0, 0.1) is 0 Å². The first-order valence-corrected chi connectivity index (χ1v) is 6.27. The molecule has 0 aliphatic rings. The average molecular weight is 265 g/mol. The molecule has 2 amide bonds. The van der Waals surface area contributed by atoms with Crippen LogP contribution in [0.4, 0.5) is 4.79 Å². The van der Waals surface area contributed by atoms with Gasteiger partial charge in [-0.1, -0.05) is 6.07 Å². The predicted octanol–water partition coefficient (Wildman–Crippen LogP) is 1.13. The number of nitrogens with zero attached hydrogens (tertiary/aromatic N) is 2. The highest BCUT2D eigenvalue weighted by Gasteiger charge is 2.11. The van der Waals surface area contributed by atoms with Gasteiger partial charge in [0.25, 0.3) is 0 Å². The maximum absolute atomic E-state index is 11.8. The number of aromatic nitrogens is 1. The van der Waals surface area contributed by atoms with E-state index in [1.54, 1.807) is 12.4 Å². The third-order valence-electron chi connectivity index (χ3n) is 2.68. The van der Waals surface area contributed by atoms with Crippen LogP contribution >= 0.6 is 0 Å². The summed E-state index contributed by atoms with van der Waals surface area (Å²) < 4.78 is 0. The van der Waals surface area contributed by atoms with Crippen LogP contribution in [-0.4, -0.2) is 46.6 Å². The maximum Gasteiger partial charge on any atom is 0.317 e. The van der Waals surface area contributed by atoms with Gasteiger partial charge in [-0.05, 0) is 25.0 Å². The van der Waals surface area contributed by atoms with Gasteiger partial charge in [-0.3, -0.25) is 9.78 Å². The summed E-state index contributed by atoms with van der Waals surface area (Å²) in [5.74, 6) is -0.901. The molecule has 0 spiro atoms. The van der Waals surface area contributed by atoms with Crippen molar-refractivity contribution in [3.63, 3.8) is 0 Å². The second-order valence-electron chi connectivity index (χ2n) is 4.07. The number of nitrogens with one attached hydrogen (secondary N) is 1. The summed E-state index contributed by atoms with van der Waals surface area (Å²) >= 11 is 0. The number of rotatable bonds is 7. The number of hydrogen-bond acceptors (Lipinski definition) is 3. The largest absolute Gasteiger partial charge is 0.481 e. The molecule has 0 aliphatic carbocycles. The third-order valence-corrected chi connectivity index (χ3v) is 2.68. The molecule has 1 aromatic rings. The van der Waals surface area contributed by atoms with E-state index in [-0.39, 0.29) is 19.0 Å². The molecule has 0 saturated heterocycles. The van der Waals surface area contributed by atoms with Crippen molar-refractivity contribution in [1.82, 2.24) is 15.2 Å². The van der Waals surface area contributed by atoms with Crippen LogP contribution in [0.2, 0.25) is 0 Å². The van der Waals surface area contributed by atoms with Gasteiger partial charge in [0.15, 0.2) is 0 Å². The number of carboxylic acid groups (broad SMARTS) is 1. The smallest absolute Gasteiger partial charge is 0.317 e. The lowest BCUT2D eigenvalue weighted by Gasteiger charge is -2.20. The zero-order chi connectivity index (χ0) is 14.1. The molecule has 1 heterocycles. The van der Waals surface area contributed by atoms with Gasteiger partial charge in [-0.2, -0.15) is 0 Å².